The lowest BCUT2D eigenvalue weighted by molar-refractivity contribution is -0.131. The highest BCUT2D eigenvalue weighted by atomic mass is 32.2. The first-order valence-electron chi connectivity index (χ1n) is 8.15. The van der Waals surface area contributed by atoms with Crippen LogP contribution in [-0.4, -0.2) is 53.9 Å². The van der Waals surface area contributed by atoms with Crippen LogP contribution in [0.15, 0.2) is 24.3 Å². The number of aromatic nitrogens is 2. The number of carbonyl (C=O) groups is 1. The van der Waals surface area contributed by atoms with E-state index in [1.165, 1.54) is 11.2 Å². The van der Waals surface area contributed by atoms with E-state index < -0.39 is 9.84 Å². The van der Waals surface area contributed by atoms with Gasteiger partial charge in [-0.2, -0.15) is 0 Å². The highest BCUT2D eigenvalue weighted by molar-refractivity contribution is 7.90. The van der Waals surface area contributed by atoms with E-state index in [9.17, 15) is 13.2 Å². The molecule has 1 fully saturated rings. The summed E-state index contributed by atoms with van der Waals surface area (Å²) in [4.78, 5) is 18.9. The van der Waals surface area contributed by atoms with Crippen LogP contribution in [0, 0.1) is 0 Å². The normalized spacial score (nSPS) is 16.3. The fourth-order valence-electron chi connectivity index (χ4n) is 2.96. The van der Waals surface area contributed by atoms with Gasteiger partial charge in [0.15, 0.2) is 0 Å². The van der Waals surface area contributed by atoms with Crippen molar-refractivity contribution >= 4 is 26.8 Å². The first-order valence-corrected chi connectivity index (χ1v) is 10.2. The summed E-state index contributed by atoms with van der Waals surface area (Å²) < 4.78 is 24.9. The molecule has 1 aliphatic carbocycles. The van der Waals surface area contributed by atoms with E-state index >= 15 is 0 Å². The predicted octanol–water partition coefficient (Wildman–Crippen LogP) is 1.81. The van der Waals surface area contributed by atoms with Gasteiger partial charge >= 0.3 is 0 Å². The zero-order chi connectivity index (χ0) is 17.5. The van der Waals surface area contributed by atoms with Crippen molar-refractivity contribution in [3.63, 3.8) is 0 Å². The number of fused-ring (bicyclic) bond motifs is 1. The van der Waals surface area contributed by atoms with E-state index in [2.05, 4.69) is 4.98 Å². The van der Waals surface area contributed by atoms with Gasteiger partial charge in [-0.25, -0.2) is 13.4 Å². The van der Waals surface area contributed by atoms with Crippen LogP contribution in [-0.2, 0) is 21.2 Å². The molecule has 0 aliphatic heterocycles. The van der Waals surface area contributed by atoms with Crippen molar-refractivity contribution in [2.45, 2.75) is 38.3 Å². The van der Waals surface area contributed by atoms with Crippen molar-refractivity contribution in [2.24, 2.45) is 0 Å². The van der Waals surface area contributed by atoms with Gasteiger partial charge in [-0.05, 0) is 31.9 Å². The maximum Gasteiger partial charge on any atom is 0.242 e. The molecule has 1 saturated carbocycles. The van der Waals surface area contributed by atoms with Gasteiger partial charge in [0, 0.05) is 25.3 Å². The van der Waals surface area contributed by atoms with Gasteiger partial charge in [-0.15, -0.1) is 0 Å². The molecular formula is C17H23N3O3S. The van der Waals surface area contributed by atoms with Crippen molar-refractivity contribution < 1.29 is 13.2 Å². The smallest absolute Gasteiger partial charge is 0.242 e. The Bertz CT molecular complexity index is 868. The average Bonchev–Trinajstić information content (AvgIpc) is 3.28. The Balaban J connectivity index is 1.84. The van der Waals surface area contributed by atoms with E-state index in [0.717, 1.165) is 29.7 Å². The highest BCUT2D eigenvalue weighted by Crippen LogP contribution is 2.40. The molecule has 0 bridgehead atoms. The Kier molecular flexibility index (Phi) is 4.38. The Morgan fingerprint density at radius 1 is 1.38 bits per heavy atom. The number of nitrogens with zero attached hydrogens (tertiary/aromatic N) is 3. The summed E-state index contributed by atoms with van der Waals surface area (Å²) in [5.74, 6) is 1.27. The lowest BCUT2D eigenvalue weighted by Crippen LogP contribution is -2.41. The van der Waals surface area contributed by atoms with E-state index in [1.807, 2.05) is 28.8 Å². The molecule has 3 rings (SSSR count). The van der Waals surface area contributed by atoms with Crippen molar-refractivity contribution in [1.29, 1.82) is 0 Å². The standard InChI is InChI=1S/C17H23N3O3S/c1-12(11-24(3,22)23)19(2)16(21)10-20-15-7-5-4-6-14(15)18-17(20)13-8-9-13/h4-7,12-13H,8-11H2,1-3H3/t12-/m0/s1. The third kappa shape index (κ3) is 3.61. The Morgan fingerprint density at radius 3 is 2.67 bits per heavy atom. The summed E-state index contributed by atoms with van der Waals surface area (Å²) in [6, 6.07) is 7.46. The van der Waals surface area contributed by atoms with E-state index in [0.29, 0.717) is 5.92 Å². The van der Waals surface area contributed by atoms with Crippen molar-refractivity contribution in [3.05, 3.63) is 30.1 Å². The van der Waals surface area contributed by atoms with Gasteiger partial charge in [0.1, 0.15) is 22.2 Å². The molecule has 6 nitrogen and oxygen atoms in total. The molecule has 1 aliphatic rings. The zero-order valence-electron chi connectivity index (χ0n) is 14.3. The summed E-state index contributed by atoms with van der Waals surface area (Å²) in [6.45, 7) is 1.95. The number of amides is 1. The van der Waals surface area contributed by atoms with Gasteiger partial charge in [-0.3, -0.25) is 4.79 Å². The molecule has 130 valence electrons. The van der Waals surface area contributed by atoms with E-state index in [1.54, 1.807) is 14.0 Å². The van der Waals surface area contributed by atoms with E-state index in [-0.39, 0.29) is 24.2 Å². The molecule has 7 heteroatoms. The number of benzene rings is 1. The molecule has 1 amide bonds. The predicted molar refractivity (Wildman–Crippen MR) is 93.7 cm³/mol. The summed E-state index contributed by atoms with van der Waals surface area (Å²) in [6.07, 6.45) is 3.41. The summed E-state index contributed by atoms with van der Waals surface area (Å²) in [7, 11) is -1.46. The van der Waals surface area contributed by atoms with Crippen molar-refractivity contribution in [1.82, 2.24) is 14.5 Å². The topological polar surface area (TPSA) is 72.3 Å². The average molecular weight is 349 g/mol. The number of para-hydroxylation sites is 2. The minimum atomic E-state index is -3.12. The zero-order valence-corrected chi connectivity index (χ0v) is 15.1. The quantitative estimate of drug-likeness (QED) is 0.797. The fourth-order valence-corrected chi connectivity index (χ4v) is 4.06. The molecule has 24 heavy (non-hydrogen) atoms. The van der Waals surface area contributed by atoms with Gasteiger partial charge in [0.05, 0.1) is 16.8 Å². The molecule has 1 atom stereocenters. The van der Waals surface area contributed by atoms with E-state index in [4.69, 9.17) is 0 Å². The number of hydrogen-bond acceptors (Lipinski definition) is 4. The van der Waals surface area contributed by atoms with Crippen LogP contribution in [0.5, 0.6) is 0 Å². The summed E-state index contributed by atoms with van der Waals surface area (Å²) >= 11 is 0. The largest absolute Gasteiger partial charge is 0.340 e. The SMILES string of the molecule is C[C@@H](CS(C)(=O)=O)N(C)C(=O)Cn1c(C2CC2)nc2ccccc21. The molecule has 0 N–H and O–H groups in total. The number of rotatable bonds is 6. The molecule has 0 radical (unpaired) electrons. The minimum Gasteiger partial charge on any atom is -0.340 e. The molecule has 1 heterocycles. The molecule has 0 spiro atoms. The Labute approximate surface area is 142 Å². The van der Waals surface area contributed by atoms with Crippen LogP contribution in [0.25, 0.3) is 11.0 Å². The molecule has 0 unspecified atom stereocenters. The fraction of sp³-hybridized carbons (Fsp3) is 0.529. The third-order valence-electron chi connectivity index (χ3n) is 4.52. The van der Waals surface area contributed by atoms with Crippen LogP contribution in [0.2, 0.25) is 0 Å². The van der Waals surface area contributed by atoms with Crippen LogP contribution in [0.3, 0.4) is 0 Å². The molecular weight excluding hydrogens is 326 g/mol. The van der Waals surface area contributed by atoms with Crippen LogP contribution < -0.4 is 0 Å². The van der Waals surface area contributed by atoms with Gasteiger partial charge in [0.25, 0.3) is 0 Å². The number of hydrogen-bond donors (Lipinski definition) is 0. The van der Waals surface area contributed by atoms with Gasteiger partial charge < -0.3 is 9.47 Å². The highest BCUT2D eigenvalue weighted by Gasteiger charge is 2.30. The van der Waals surface area contributed by atoms with Crippen molar-refractivity contribution in [2.75, 3.05) is 19.1 Å². The Morgan fingerprint density at radius 2 is 2.04 bits per heavy atom. The summed E-state index contributed by atoms with van der Waals surface area (Å²) in [5.41, 5.74) is 1.86. The monoisotopic (exact) mass is 349 g/mol. The molecule has 1 aromatic carbocycles. The Hall–Kier alpha value is -1.89. The van der Waals surface area contributed by atoms with Gasteiger partial charge in [0.2, 0.25) is 5.91 Å². The number of sulfone groups is 1. The first kappa shape index (κ1) is 17.0. The van der Waals surface area contributed by atoms with Crippen LogP contribution in [0.1, 0.15) is 31.5 Å². The summed E-state index contributed by atoms with van der Waals surface area (Å²) in [5, 5.41) is 0. The molecule has 0 saturated heterocycles. The number of likely N-dealkylation sites (N-methyl/N-ethyl adjacent to an activating group) is 1. The maximum atomic E-state index is 12.7. The molecule has 1 aromatic heterocycles. The lowest BCUT2D eigenvalue weighted by atomic mass is 10.3. The second-order valence-electron chi connectivity index (χ2n) is 6.77. The number of imidazole rings is 1. The number of carbonyl (C=O) groups excluding carboxylic acids is 1. The lowest BCUT2D eigenvalue weighted by Gasteiger charge is -2.25. The second-order valence-corrected chi connectivity index (χ2v) is 8.95. The maximum absolute atomic E-state index is 12.7. The minimum absolute atomic E-state index is 0.0323. The first-order chi connectivity index (χ1) is 11.3. The van der Waals surface area contributed by atoms with Gasteiger partial charge in [-0.1, -0.05) is 12.1 Å². The second kappa shape index (κ2) is 6.20. The van der Waals surface area contributed by atoms with Crippen molar-refractivity contribution in [3.8, 4) is 0 Å². The van der Waals surface area contributed by atoms with Crippen LogP contribution in [0.4, 0.5) is 0 Å². The molecule has 2 aromatic rings. The van der Waals surface area contributed by atoms with Crippen LogP contribution >= 0.6 is 0 Å². The third-order valence-corrected chi connectivity index (χ3v) is 5.61.